The van der Waals surface area contributed by atoms with Crippen LogP contribution in [0.5, 0.6) is 0 Å². The van der Waals surface area contributed by atoms with E-state index in [-0.39, 0.29) is 12.2 Å². The number of hydrogen-bond donors (Lipinski definition) is 5. The Balaban J connectivity index is 1.41. The molecular formula is C23H37BN2O4. The van der Waals surface area contributed by atoms with Gasteiger partial charge in [-0.25, -0.2) is 0 Å². The zero-order valence-corrected chi connectivity index (χ0v) is 17.9. The summed E-state index contributed by atoms with van der Waals surface area (Å²) in [5.41, 5.74) is 7.77. The number of carboxylic acids is 1. The zero-order chi connectivity index (χ0) is 21.6. The summed E-state index contributed by atoms with van der Waals surface area (Å²) in [4.78, 5) is 11.8. The molecule has 2 saturated carbocycles. The number of unbranched alkanes of at least 4 members (excludes halogenated alkanes) is 1. The SMILES string of the molecule is N[C@](CCCCB(O)O)(C(=O)O)[C@H]1C[C@H](NCc2ccc(C3CCCCC3)cc2)C1. The highest BCUT2D eigenvalue weighted by atomic mass is 16.4. The molecule has 7 heteroatoms. The molecule has 0 bridgehead atoms. The van der Waals surface area contributed by atoms with Gasteiger partial charge in [0.05, 0.1) is 0 Å². The predicted molar refractivity (Wildman–Crippen MR) is 119 cm³/mol. The van der Waals surface area contributed by atoms with E-state index in [9.17, 15) is 9.90 Å². The second-order valence-corrected chi connectivity index (χ2v) is 9.39. The molecule has 6 N–H and O–H groups in total. The van der Waals surface area contributed by atoms with Gasteiger partial charge in [-0.05, 0) is 61.4 Å². The summed E-state index contributed by atoms with van der Waals surface area (Å²) in [6.07, 6.45) is 10.0. The van der Waals surface area contributed by atoms with Gasteiger partial charge >= 0.3 is 13.1 Å². The maximum atomic E-state index is 11.8. The summed E-state index contributed by atoms with van der Waals surface area (Å²) >= 11 is 0. The van der Waals surface area contributed by atoms with Gasteiger partial charge in [-0.2, -0.15) is 0 Å². The number of nitrogens with two attached hydrogens (primary N) is 1. The molecular weight excluding hydrogens is 379 g/mol. The fourth-order valence-electron chi connectivity index (χ4n) is 5.04. The van der Waals surface area contributed by atoms with Gasteiger partial charge in [0.1, 0.15) is 5.54 Å². The molecule has 0 heterocycles. The average molecular weight is 416 g/mol. The van der Waals surface area contributed by atoms with Crippen LogP contribution in [0.1, 0.15) is 81.3 Å². The molecule has 30 heavy (non-hydrogen) atoms. The van der Waals surface area contributed by atoms with Crippen LogP contribution in [0.2, 0.25) is 6.32 Å². The minimum Gasteiger partial charge on any atom is -0.480 e. The number of carbonyl (C=O) groups is 1. The van der Waals surface area contributed by atoms with Crippen LogP contribution in [0.25, 0.3) is 0 Å². The lowest BCUT2D eigenvalue weighted by Gasteiger charge is -2.45. The van der Waals surface area contributed by atoms with E-state index in [1.807, 2.05) is 0 Å². The number of hydrogen-bond acceptors (Lipinski definition) is 5. The number of carboxylic acid groups (broad SMARTS) is 1. The van der Waals surface area contributed by atoms with E-state index in [0.29, 0.717) is 25.3 Å². The van der Waals surface area contributed by atoms with Gasteiger partial charge in [-0.3, -0.25) is 4.79 Å². The third-order valence-electron chi connectivity index (χ3n) is 7.22. The van der Waals surface area contributed by atoms with Crippen molar-refractivity contribution in [2.24, 2.45) is 11.7 Å². The second-order valence-electron chi connectivity index (χ2n) is 9.39. The molecule has 0 aliphatic heterocycles. The molecule has 166 valence electrons. The van der Waals surface area contributed by atoms with Crippen molar-refractivity contribution in [2.75, 3.05) is 0 Å². The molecule has 0 unspecified atom stereocenters. The van der Waals surface area contributed by atoms with E-state index >= 15 is 0 Å². The van der Waals surface area contributed by atoms with Crippen molar-refractivity contribution in [3.63, 3.8) is 0 Å². The van der Waals surface area contributed by atoms with Crippen LogP contribution >= 0.6 is 0 Å². The molecule has 6 nitrogen and oxygen atoms in total. The van der Waals surface area contributed by atoms with Crippen LogP contribution in [-0.2, 0) is 11.3 Å². The van der Waals surface area contributed by atoms with Crippen molar-refractivity contribution < 1.29 is 19.9 Å². The van der Waals surface area contributed by atoms with Gasteiger partial charge in [0.15, 0.2) is 0 Å². The highest BCUT2D eigenvalue weighted by molar-refractivity contribution is 6.40. The van der Waals surface area contributed by atoms with Crippen LogP contribution in [0.3, 0.4) is 0 Å². The highest BCUT2D eigenvalue weighted by Crippen LogP contribution is 2.38. The Labute approximate surface area is 180 Å². The minimum atomic E-state index is -1.34. The summed E-state index contributed by atoms with van der Waals surface area (Å²) < 4.78 is 0. The summed E-state index contributed by atoms with van der Waals surface area (Å²) in [7, 11) is -1.34. The molecule has 0 radical (unpaired) electrons. The Hall–Kier alpha value is -1.41. The number of rotatable bonds is 11. The molecule has 1 aromatic carbocycles. The maximum absolute atomic E-state index is 11.8. The lowest BCUT2D eigenvalue weighted by Crippen LogP contribution is -2.61. The largest absolute Gasteiger partial charge is 0.480 e. The normalized spacial score (nSPS) is 24.1. The molecule has 1 aromatic rings. The lowest BCUT2D eigenvalue weighted by molar-refractivity contribution is -0.148. The number of nitrogens with one attached hydrogen (secondary N) is 1. The van der Waals surface area contributed by atoms with Crippen LogP contribution in [0.15, 0.2) is 24.3 Å². The summed E-state index contributed by atoms with van der Waals surface area (Å²) in [6, 6.07) is 9.28. The Kier molecular flexibility index (Phi) is 8.34. The topological polar surface area (TPSA) is 116 Å². The van der Waals surface area contributed by atoms with Gasteiger partial charge < -0.3 is 26.2 Å². The maximum Gasteiger partial charge on any atom is 0.451 e. The molecule has 0 amide bonds. The molecule has 2 aliphatic rings. The fourth-order valence-corrected chi connectivity index (χ4v) is 5.04. The first-order valence-electron chi connectivity index (χ1n) is 11.6. The summed E-state index contributed by atoms with van der Waals surface area (Å²) in [5, 5.41) is 31.1. The van der Waals surface area contributed by atoms with Gasteiger partial charge in [-0.15, -0.1) is 0 Å². The van der Waals surface area contributed by atoms with Crippen molar-refractivity contribution in [1.82, 2.24) is 5.32 Å². The van der Waals surface area contributed by atoms with Crippen molar-refractivity contribution in [2.45, 2.75) is 94.6 Å². The third-order valence-corrected chi connectivity index (χ3v) is 7.22. The lowest BCUT2D eigenvalue weighted by atomic mass is 9.66. The monoisotopic (exact) mass is 416 g/mol. The van der Waals surface area contributed by atoms with E-state index in [2.05, 4.69) is 29.6 Å². The average Bonchev–Trinajstić information content (AvgIpc) is 2.71. The van der Waals surface area contributed by atoms with Crippen LogP contribution < -0.4 is 11.1 Å². The van der Waals surface area contributed by atoms with Crippen molar-refractivity contribution in [1.29, 1.82) is 0 Å². The van der Waals surface area contributed by atoms with E-state index in [1.165, 1.54) is 43.2 Å². The molecule has 1 atom stereocenters. The molecule has 0 aromatic heterocycles. The number of benzene rings is 1. The predicted octanol–water partition coefficient (Wildman–Crippen LogP) is 3.03. The van der Waals surface area contributed by atoms with Gasteiger partial charge in [0.2, 0.25) is 0 Å². The third kappa shape index (κ3) is 6.07. The molecule has 2 aliphatic carbocycles. The summed E-state index contributed by atoms with van der Waals surface area (Å²) in [5.74, 6) is -0.267. The number of aliphatic carboxylic acids is 1. The van der Waals surface area contributed by atoms with Gasteiger partial charge in [-0.1, -0.05) is 56.4 Å². The quantitative estimate of drug-likeness (QED) is 0.280. The van der Waals surface area contributed by atoms with Gasteiger partial charge in [0, 0.05) is 12.6 Å². The minimum absolute atomic E-state index is 0.0415. The zero-order valence-electron chi connectivity index (χ0n) is 17.9. The molecule has 3 rings (SSSR count). The van der Waals surface area contributed by atoms with Crippen LogP contribution in [-0.4, -0.2) is 39.8 Å². The smallest absolute Gasteiger partial charge is 0.451 e. The van der Waals surface area contributed by atoms with E-state index in [1.54, 1.807) is 0 Å². The van der Waals surface area contributed by atoms with Gasteiger partial charge in [0.25, 0.3) is 0 Å². The molecule has 0 saturated heterocycles. The summed E-state index contributed by atoms with van der Waals surface area (Å²) in [6.45, 7) is 0.793. The molecule has 0 spiro atoms. The Morgan fingerprint density at radius 2 is 1.77 bits per heavy atom. The van der Waals surface area contributed by atoms with Crippen molar-refractivity contribution in [3.05, 3.63) is 35.4 Å². The van der Waals surface area contributed by atoms with Crippen molar-refractivity contribution in [3.8, 4) is 0 Å². The Morgan fingerprint density at radius 3 is 2.37 bits per heavy atom. The first-order valence-corrected chi connectivity index (χ1v) is 11.6. The fraction of sp³-hybridized carbons (Fsp3) is 0.696. The van der Waals surface area contributed by atoms with Crippen molar-refractivity contribution >= 4 is 13.1 Å². The molecule has 2 fully saturated rings. The van der Waals surface area contributed by atoms with E-state index < -0.39 is 18.6 Å². The second kappa shape index (κ2) is 10.8. The first-order chi connectivity index (χ1) is 14.4. The first kappa shape index (κ1) is 23.3. The highest BCUT2D eigenvalue weighted by Gasteiger charge is 2.48. The van der Waals surface area contributed by atoms with Crippen LogP contribution in [0.4, 0.5) is 0 Å². The van der Waals surface area contributed by atoms with Crippen LogP contribution in [0, 0.1) is 5.92 Å². The standard InChI is InChI=1S/C23H37BN2O4/c25-23(22(27)28,12-4-5-13-24(29)30)20-14-21(15-20)26-16-17-8-10-19(11-9-17)18-6-2-1-3-7-18/h8-11,18,20-21,26,29-30H,1-7,12-16,25H2,(H,27,28)/t20-,21-,23-/m0/s1. The Bertz CT molecular complexity index is 672. The van der Waals surface area contributed by atoms with E-state index in [4.69, 9.17) is 15.8 Å². The Morgan fingerprint density at radius 1 is 1.10 bits per heavy atom. The van der Waals surface area contributed by atoms with E-state index in [0.717, 1.165) is 25.3 Å².